The van der Waals surface area contributed by atoms with Crippen LogP contribution in [0.4, 0.5) is 0 Å². The van der Waals surface area contributed by atoms with E-state index in [4.69, 9.17) is 0 Å². The van der Waals surface area contributed by atoms with Gasteiger partial charge in [0.15, 0.2) is 0 Å². The maximum Gasteiger partial charge on any atom is 0.109 e. The topological polar surface area (TPSA) is 38.1 Å². The zero-order valence-corrected chi connectivity index (χ0v) is 8.20. The first kappa shape index (κ1) is 8.75. The van der Waals surface area contributed by atoms with Crippen molar-refractivity contribution in [2.24, 2.45) is 13.0 Å². The van der Waals surface area contributed by atoms with Gasteiger partial charge >= 0.3 is 0 Å². The molecule has 0 saturated heterocycles. The molecule has 2 rings (SSSR count). The monoisotopic (exact) mass is 180 g/mol. The first-order valence-corrected chi connectivity index (χ1v) is 4.85. The van der Waals surface area contributed by atoms with E-state index < -0.39 is 5.60 Å². The van der Waals surface area contributed by atoms with Gasteiger partial charge in [-0.1, -0.05) is 6.92 Å². The molecule has 1 aliphatic carbocycles. The van der Waals surface area contributed by atoms with Crippen molar-refractivity contribution in [2.75, 3.05) is 0 Å². The number of hydrogen-bond donors (Lipinski definition) is 1. The minimum Gasteiger partial charge on any atom is -0.383 e. The summed E-state index contributed by atoms with van der Waals surface area (Å²) in [4.78, 5) is 0. The number of aliphatic hydroxyl groups is 1. The van der Waals surface area contributed by atoms with Gasteiger partial charge in [-0.3, -0.25) is 4.68 Å². The van der Waals surface area contributed by atoms with Crippen LogP contribution in [0.2, 0.25) is 0 Å². The van der Waals surface area contributed by atoms with E-state index in [-0.39, 0.29) is 0 Å². The summed E-state index contributed by atoms with van der Waals surface area (Å²) in [5.41, 5.74) is 0.322. The van der Waals surface area contributed by atoms with Gasteiger partial charge in [-0.2, -0.15) is 5.10 Å². The Morgan fingerprint density at radius 3 is 2.92 bits per heavy atom. The summed E-state index contributed by atoms with van der Waals surface area (Å²) in [6, 6.07) is 1.92. The van der Waals surface area contributed by atoms with Crippen molar-refractivity contribution in [1.82, 2.24) is 9.78 Å². The van der Waals surface area contributed by atoms with E-state index in [1.807, 2.05) is 13.1 Å². The van der Waals surface area contributed by atoms with Crippen molar-refractivity contribution in [1.29, 1.82) is 0 Å². The Balaban J connectivity index is 2.39. The van der Waals surface area contributed by atoms with Crippen LogP contribution in [0.3, 0.4) is 0 Å². The first-order chi connectivity index (χ1) is 6.14. The molecule has 1 aromatic heterocycles. The van der Waals surface area contributed by atoms with Crippen molar-refractivity contribution in [3.8, 4) is 0 Å². The van der Waals surface area contributed by atoms with Gasteiger partial charge in [0.2, 0.25) is 0 Å². The van der Waals surface area contributed by atoms with Crippen LogP contribution < -0.4 is 0 Å². The highest BCUT2D eigenvalue weighted by Crippen LogP contribution is 2.42. The molecule has 72 valence electrons. The molecule has 0 radical (unpaired) electrons. The van der Waals surface area contributed by atoms with Crippen LogP contribution >= 0.6 is 0 Å². The highest BCUT2D eigenvalue weighted by Gasteiger charge is 2.41. The normalized spacial score (nSPS) is 33.9. The third kappa shape index (κ3) is 1.18. The molecule has 3 nitrogen and oxygen atoms in total. The molecule has 1 heterocycles. The molecule has 1 aromatic rings. The van der Waals surface area contributed by atoms with E-state index >= 15 is 0 Å². The molecule has 1 saturated carbocycles. The van der Waals surface area contributed by atoms with E-state index in [9.17, 15) is 5.11 Å². The smallest absolute Gasteiger partial charge is 0.109 e. The van der Waals surface area contributed by atoms with Crippen LogP contribution in [0.1, 0.15) is 31.9 Å². The Morgan fingerprint density at radius 1 is 1.69 bits per heavy atom. The molecule has 0 amide bonds. The molecule has 0 bridgehead atoms. The summed E-state index contributed by atoms with van der Waals surface area (Å²) in [6.45, 7) is 2.11. The van der Waals surface area contributed by atoms with E-state index in [0.717, 1.165) is 25.0 Å². The molecule has 2 atom stereocenters. The van der Waals surface area contributed by atoms with Gasteiger partial charge in [-0.15, -0.1) is 0 Å². The van der Waals surface area contributed by atoms with Gasteiger partial charge < -0.3 is 5.11 Å². The van der Waals surface area contributed by atoms with Crippen LogP contribution in [0, 0.1) is 5.92 Å². The summed E-state index contributed by atoms with van der Waals surface area (Å²) in [5, 5.41) is 14.5. The molecular weight excluding hydrogens is 164 g/mol. The lowest BCUT2D eigenvalue weighted by Gasteiger charge is -2.27. The third-order valence-corrected chi connectivity index (χ3v) is 3.27. The Hall–Kier alpha value is -0.830. The second kappa shape index (κ2) is 2.84. The zero-order valence-electron chi connectivity index (χ0n) is 8.20. The molecule has 13 heavy (non-hydrogen) atoms. The van der Waals surface area contributed by atoms with E-state index in [0.29, 0.717) is 5.92 Å². The number of rotatable bonds is 1. The van der Waals surface area contributed by atoms with Crippen molar-refractivity contribution in [2.45, 2.75) is 31.8 Å². The average molecular weight is 180 g/mol. The van der Waals surface area contributed by atoms with E-state index in [1.165, 1.54) is 0 Å². The molecule has 1 N–H and O–H groups in total. The maximum atomic E-state index is 10.4. The lowest BCUT2D eigenvalue weighted by molar-refractivity contribution is -0.00317. The van der Waals surface area contributed by atoms with Gasteiger partial charge in [0.25, 0.3) is 0 Å². The second-order valence-corrected chi connectivity index (χ2v) is 4.06. The Kier molecular flexibility index (Phi) is 1.91. The van der Waals surface area contributed by atoms with Crippen LogP contribution in [0.5, 0.6) is 0 Å². The van der Waals surface area contributed by atoms with Crippen LogP contribution in [-0.2, 0) is 12.6 Å². The Bertz CT molecular complexity index is 308. The fourth-order valence-corrected chi connectivity index (χ4v) is 2.34. The number of aryl methyl sites for hydroxylation is 1. The standard InChI is InChI=1S/C10H16N2O/c1-8-4-3-6-10(8,13)9-5-7-11-12(9)2/h5,7-8,13H,3-4,6H2,1-2H3. The van der Waals surface area contributed by atoms with Crippen LogP contribution in [-0.4, -0.2) is 14.9 Å². The van der Waals surface area contributed by atoms with E-state index in [2.05, 4.69) is 12.0 Å². The maximum absolute atomic E-state index is 10.4. The SMILES string of the molecule is CC1CCCC1(O)c1ccnn1C. The van der Waals surface area contributed by atoms with Gasteiger partial charge in [0, 0.05) is 13.2 Å². The Labute approximate surface area is 78.4 Å². The average Bonchev–Trinajstić information content (AvgIpc) is 2.62. The minimum atomic E-state index is -0.634. The predicted octanol–water partition coefficient (Wildman–Crippen LogP) is 1.43. The molecule has 0 aromatic carbocycles. The predicted molar refractivity (Wildman–Crippen MR) is 50.1 cm³/mol. The quantitative estimate of drug-likeness (QED) is 0.710. The number of hydrogen-bond acceptors (Lipinski definition) is 2. The van der Waals surface area contributed by atoms with Gasteiger partial charge in [-0.25, -0.2) is 0 Å². The molecule has 0 spiro atoms. The van der Waals surface area contributed by atoms with Crippen LogP contribution in [0.25, 0.3) is 0 Å². The van der Waals surface area contributed by atoms with Gasteiger partial charge in [-0.05, 0) is 31.2 Å². The Morgan fingerprint density at radius 2 is 2.46 bits per heavy atom. The lowest BCUT2D eigenvalue weighted by Crippen LogP contribution is -2.30. The molecule has 3 heteroatoms. The largest absolute Gasteiger partial charge is 0.383 e. The lowest BCUT2D eigenvalue weighted by atomic mass is 9.89. The highest BCUT2D eigenvalue weighted by molar-refractivity contribution is 5.14. The minimum absolute atomic E-state index is 0.350. The molecule has 1 fully saturated rings. The molecule has 0 aliphatic heterocycles. The fourth-order valence-electron chi connectivity index (χ4n) is 2.34. The fraction of sp³-hybridized carbons (Fsp3) is 0.700. The van der Waals surface area contributed by atoms with E-state index in [1.54, 1.807) is 10.9 Å². The molecular formula is C10H16N2O. The number of nitrogens with zero attached hydrogens (tertiary/aromatic N) is 2. The van der Waals surface area contributed by atoms with Crippen LogP contribution in [0.15, 0.2) is 12.3 Å². The summed E-state index contributed by atoms with van der Waals surface area (Å²) in [7, 11) is 1.89. The highest BCUT2D eigenvalue weighted by atomic mass is 16.3. The summed E-state index contributed by atoms with van der Waals surface area (Å²) < 4.78 is 1.78. The van der Waals surface area contributed by atoms with Crippen molar-refractivity contribution < 1.29 is 5.11 Å². The van der Waals surface area contributed by atoms with Crippen molar-refractivity contribution >= 4 is 0 Å². The summed E-state index contributed by atoms with van der Waals surface area (Å²) in [5.74, 6) is 0.350. The summed E-state index contributed by atoms with van der Waals surface area (Å²) >= 11 is 0. The van der Waals surface area contributed by atoms with Crippen molar-refractivity contribution in [3.63, 3.8) is 0 Å². The summed E-state index contributed by atoms with van der Waals surface area (Å²) in [6.07, 6.45) is 4.84. The first-order valence-electron chi connectivity index (χ1n) is 4.85. The molecule has 2 unspecified atom stereocenters. The molecule has 1 aliphatic rings. The van der Waals surface area contributed by atoms with Crippen molar-refractivity contribution in [3.05, 3.63) is 18.0 Å². The van der Waals surface area contributed by atoms with Gasteiger partial charge in [0.1, 0.15) is 5.60 Å². The third-order valence-electron chi connectivity index (χ3n) is 3.27. The number of aromatic nitrogens is 2. The van der Waals surface area contributed by atoms with Gasteiger partial charge in [0.05, 0.1) is 5.69 Å². The zero-order chi connectivity index (χ0) is 9.47. The second-order valence-electron chi connectivity index (χ2n) is 4.06.